The van der Waals surface area contributed by atoms with Crippen LogP contribution in [-0.4, -0.2) is 37.0 Å². The maximum atomic E-state index is 12.1. The van der Waals surface area contributed by atoms with E-state index < -0.39 is 6.10 Å². The van der Waals surface area contributed by atoms with Gasteiger partial charge in [0.15, 0.2) is 0 Å². The van der Waals surface area contributed by atoms with Crippen LogP contribution in [0, 0.1) is 0 Å². The molecule has 0 radical (unpaired) electrons. The third-order valence-corrected chi connectivity index (χ3v) is 7.84. The topological polar surface area (TPSA) is 55.8 Å². The van der Waals surface area contributed by atoms with Crippen LogP contribution in [0.15, 0.2) is 12.2 Å². The minimum atomic E-state index is -0.528. The molecule has 0 saturated heterocycles. The molecule has 238 valence electrons. The molecule has 0 fully saturated rings. The number of aliphatic hydroxyl groups is 1. The Balaban J connectivity index is 3.42. The van der Waals surface area contributed by atoms with E-state index in [-0.39, 0.29) is 12.6 Å². The third kappa shape index (κ3) is 31.7. The molecule has 0 heterocycles. The maximum absolute atomic E-state index is 12.1. The number of carbonyl (C=O) groups excluding carboxylic acids is 1. The second kappa shape index (κ2) is 34.3. The molecule has 4 heteroatoms. The highest BCUT2D eigenvalue weighted by molar-refractivity contribution is 5.69. The number of unbranched alkanes of at least 4 members (excludes halogenated alkanes) is 23. The zero-order valence-electron chi connectivity index (χ0n) is 27.1. The van der Waals surface area contributed by atoms with Gasteiger partial charge in [0, 0.05) is 13.0 Å². The van der Waals surface area contributed by atoms with Crippen LogP contribution >= 0.6 is 0 Å². The molecule has 0 aromatic rings. The molecular formula is C36H70O4. The Labute approximate surface area is 250 Å². The van der Waals surface area contributed by atoms with Gasteiger partial charge in [-0.05, 0) is 38.5 Å². The first-order valence-corrected chi connectivity index (χ1v) is 17.8. The van der Waals surface area contributed by atoms with E-state index in [0.717, 1.165) is 19.3 Å². The Morgan fingerprint density at radius 1 is 0.575 bits per heavy atom. The predicted octanol–water partition coefficient (Wildman–Crippen LogP) is 11.0. The normalized spacial score (nSPS) is 12.4. The predicted molar refractivity (Wildman–Crippen MR) is 173 cm³/mol. The number of hydrogen-bond donors (Lipinski definition) is 1. The summed E-state index contributed by atoms with van der Waals surface area (Å²) in [6.07, 6.45) is 38.1. The number of allylic oxidation sites excluding steroid dienone is 2. The van der Waals surface area contributed by atoms with Crippen molar-refractivity contribution < 1.29 is 19.4 Å². The van der Waals surface area contributed by atoms with Gasteiger partial charge >= 0.3 is 5.97 Å². The van der Waals surface area contributed by atoms with Gasteiger partial charge in [-0.1, -0.05) is 154 Å². The quantitative estimate of drug-likeness (QED) is 0.0487. The van der Waals surface area contributed by atoms with Gasteiger partial charge in [-0.15, -0.1) is 0 Å². The first kappa shape index (κ1) is 39.1. The summed E-state index contributed by atoms with van der Waals surface area (Å²) in [5, 5.41) is 9.53. The van der Waals surface area contributed by atoms with Crippen molar-refractivity contribution in [3.63, 3.8) is 0 Å². The molecule has 1 N–H and O–H groups in total. The smallest absolute Gasteiger partial charge is 0.306 e. The van der Waals surface area contributed by atoms with Crippen LogP contribution in [0.4, 0.5) is 0 Å². The maximum Gasteiger partial charge on any atom is 0.306 e. The van der Waals surface area contributed by atoms with Gasteiger partial charge in [0.1, 0.15) is 6.10 Å². The van der Waals surface area contributed by atoms with Crippen LogP contribution in [0.5, 0.6) is 0 Å². The number of rotatable bonds is 33. The second-order valence-corrected chi connectivity index (χ2v) is 11.9. The van der Waals surface area contributed by atoms with E-state index in [2.05, 4.69) is 26.0 Å². The number of hydrogen-bond acceptors (Lipinski definition) is 4. The molecule has 0 aliphatic carbocycles. The fourth-order valence-corrected chi connectivity index (χ4v) is 5.15. The van der Waals surface area contributed by atoms with Crippen LogP contribution in [0.3, 0.4) is 0 Å². The van der Waals surface area contributed by atoms with Crippen molar-refractivity contribution in [3.8, 4) is 0 Å². The van der Waals surface area contributed by atoms with Crippen molar-refractivity contribution in [3.05, 3.63) is 12.2 Å². The number of ether oxygens (including phenoxy) is 2. The molecule has 40 heavy (non-hydrogen) atoms. The molecule has 0 aromatic carbocycles. The van der Waals surface area contributed by atoms with Crippen LogP contribution in [0.25, 0.3) is 0 Å². The van der Waals surface area contributed by atoms with Gasteiger partial charge in [-0.2, -0.15) is 0 Å². The zero-order chi connectivity index (χ0) is 29.2. The Morgan fingerprint density at radius 3 is 1.43 bits per heavy atom. The van der Waals surface area contributed by atoms with Crippen LogP contribution in [0.1, 0.15) is 187 Å². The first-order chi connectivity index (χ1) is 19.7. The van der Waals surface area contributed by atoms with Crippen LogP contribution in [0.2, 0.25) is 0 Å². The minimum Gasteiger partial charge on any atom is -0.457 e. The standard InChI is InChI=1S/C36H70O4/c1-3-5-7-9-11-13-15-16-17-18-19-20-21-23-25-27-29-31-36(38)40-35(33-37)34-39-32-30-28-26-24-22-14-12-10-8-6-4-2/h16-17,35,37H,3-15,18-34H2,1-2H3/b17-16-. The summed E-state index contributed by atoms with van der Waals surface area (Å²) in [7, 11) is 0. The Hall–Kier alpha value is -0.870. The van der Waals surface area contributed by atoms with E-state index in [4.69, 9.17) is 9.47 Å². The molecule has 1 atom stereocenters. The molecule has 0 saturated carbocycles. The summed E-state index contributed by atoms with van der Waals surface area (Å²) in [4.78, 5) is 12.1. The van der Waals surface area contributed by atoms with E-state index in [1.165, 1.54) is 148 Å². The highest BCUT2D eigenvalue weighted by atomic mass is 16.6. The Bertz CT molecular complexity index is 519. The van der Waals surface area contributed by atoms with E-state index >= 15 is 0 Å². The highest BCUT2D eigenvalue weighted by Gasteiger charge is 2.13. The lowest BCUT2D eigenvalue weighted by atomic mass is 10.1. The Kier molecular flexibility index (Phi) is 33.6. The van der Waals surface area contributed by atoms with Crippen LogP contribution < -0.4 is 0 Å². The zero-order valence-corrected chi connectivity index (χ0v) is 27.1. The average molecular weight is 567 g/mol. The van der Waals surface area contributed by atoms with Crippen molar-refractivity contribution in [1.82, 2.24) is 0 Å². The summed E-state index contributed by atoms with van der Waals surface area (Å²) in [5.41, 5.74) is 0. The molecule has 0 aliphatic rings. The molecule has 4 nitrogen and oxygen atoms in total. The number of carbonyl (C=O) groups is 1. The molecule has 0 bridgehead atoms. The highest BCUT2D eigenvalue weighted by Crippen LogP contribution is 2.13. The average Bonchev–Trinajstić information content (AvgIpc) is 2.96. The van der Waals surface area contributed by atoms with Gasteiger partial charge in [0.25, 0.3) is 0 Å². The summed E-state index contributed by atoms with van der Waals surface area (Å²) >= 11 is 0. The van der Waals surface area contributed by atoms with E-state index in [1.807, 2.05) is 0 Å². The monoisotopic (exact) mass is 567 g/mol. The second-order valence-electron chi connectivity index (χ2n) is 11.9. The van der Waals surface area contributed by atoms with E-state index in [0.29, 0.717) is 19.6 Å². The van der Waals surface area contributed by atoms with E-state index in [1.54, 1.807) is 0 Å². The van der Waals surface area contributed by atoms with Crippen molar-refractivity contribution in [1.29, 1.82) is 0 Å². The van der Waals surface area contributed by atoms with Gasteiger partial charge in [-0.3, -0.25) is 4.79 Å². The van der Waals surface area contributed by atoms with Crippen molar-refractivity contribution >= 4 is 5.97 Å². The fraction of sp³-hybridized carbons (Fsp3) is 0.917. The lowest BCUT2D eigenvalue weighted by molar-refractivity contribution is -0.154. The van der Waals surface area contributed by atoms with Gasteiger partial charge in [0.2, 0.25) is 0 Å². The van der Waals surface area contributed by atoms with Crippen molar-refractivity contribution in [2.75, 3.05) is 19.8 Å². The molecule has 1 unspecified atom stereocenters. The van der Waals surface area contributed by atoms with Gasteiger partial charge in [0.05, 0.1) is 13.2 Å². The van der Waals surface area contributed by atoms with Crippen molar-refractivity contribution in [2.45, 2.75) is 193 Å². The molecule has 0 aromatic heterocycles. The van der Waals surface area contributed by atoms with Crippen molar-refractivity contribution in [2.24, 2.45) is 0 Å². The molecular weight excluding hydrogens is 496 g/mol. The molecule has 0 spiro atoms. The number of esters is 1. The SMILES string of the molecule is CCCCCCCC/C=C\CCCCCCCCCC(=O)OC(CO)COCCCCCCCCCCCCC. The number of aliphatic hydroxyl groups excluding tert-OH is 1. The minimum absolute atomic E-state index is 0.168. The summed E-state index contributed by atoms with van der Waals surface area (Å²) < 4.78 is 11.1. The lowest BCUT2D eigenvalue weighted by Crippen LogP contribution is -2.27. The molecule has 0 rings (SSSR count). The lowest BCUT2D eigenvalue weighted by Gasteiger charge is -2.16. The molecule has 0 amide bonds. The summed E-state index contributed by atoms with van der Waals surface area (Å²) in [6, 6.07) is 0. The largest absolute Gasteiger partial charge is 0.457 e. The fourth-order valence-electron chi connectivity index (χ4n) is 5.15. The van der Waals surface area contributed by atoms with E-state index in [9.17, 15) is 9.90 Å². The third-order valence-electron chi connectivity index (χ3n) is 7.84. The summed E-state index contributed by atoms with van der Waals surface area (Å²) in [6.45, 7) is 5.35. The van der Waals surface area contributed by atoms with Crippen LogP contribution in [-0.2, 0) is 14.3 Å². The first-order valence-electron chi connectivity index (χ1n) is 17.8. The van der Waals surface area contributed by atoms with Gasteiger partial charge < -0.3 is 14.6 Å². The summed E-state index contributed by atoms with van der Waals surface area (Å²) in [5.74, 6) is -0.204. The molecule has 0 aliphatic heterocycles. The van der Waals surface area contributed by atoms with Gasteiger partial charge in [-0.25, -0.2) is 0 Å². The Morgan fingerprint density at radius 2 is 0.975 bits per heavy atom.